The van der Waals surface area contributed by atoms with Gasteiger partial charge in [-0.05, 0) is 61.1 Å². The molecule has 0 bridgehead atoms. The number of nitrogens with one attached hydrogen (secondary N) is 3. The van der Waals surface area contributed by atoms with Gasteiger partial charge in [-0.2, -0.15) is 5.10 Å². The largest absolute Gasteiger partial charge is 0.359 e. The molecule has 0 radical (unpaired) electrons. The van der Waals surface area contributed by atoms with Gasteiger partial charge in [0.25, 0.3) is 0 Å². The Hall–Kier alpha value is -3.54. The Bertz CT molecular complexity index is 1180. The molecule has 4 aromatic rings. The topological polar surface area (TPSA) is 74.7 Å². The molecule has 152 valence electrons. The zero-order valence-electron chi connectivity index (χ0n) is 17.0. The standard InChI is InChI=1S/C24H25N5O/c1-2-16-6-9-20(10-7-16)29-15-18(13-26-29)17-8-11-22-21(12-17)23(14-25-22)28-24(30)27-19-4-3-5-19/h6-15,19,25H,2-5H2,1H3,(H2,27,28,30). The molecule has 0 aliphatic heterocycles. The Labute approximate surface area is 175 Å². The number of benzene rings is 2. The molecule has 6 heteroatoms. The van der Waals surface area contributed by atoms with E-state index in [1.165, 1.54) is 12.0 Å². The van der Waals surface area contributed by atoms with Crippen molar-refractivity contribution in [1.29, 1.82) is 0 Å². The van der Waals surface area contributed by atoms with Gasteiger partial charge in [0.2, 0.25) is 0 Å². The number of hydrogen-bond donors (Lipinski definition) is 3. The molecule has 30 heavy (non-hydrogen) atoms. The maximum Gasteiger partial charge on any atom is 0.319 e. The zero-order chi connectivity index (χ0) is 20.5. The third kappa shape index (κ3) is 3.56. The van der Waals surface area contributed by atoms with E-state index < -0.39 is 0 Å². The van der Waals surface area contributed by atoms with Crippen LogP contribution in [0.4, 0.5) is 10.5 Å². The number of hydrogen-bond acceptors (Lipinski definition) is 2. The van der Waals surface area contributed by atoms with Crippen molar-refractivity contribution in [2.45, 2.75) is 38.6 Å². The maximum atomic E-state index is 12.3. The second-order valence-electron chi connectivity index (χ2n) is 7.88. The van der Waals surface area contributed by atoms with Crippen molar-refractivity contribution in [2.24, 2.45) is 0 Å². The molecule has 5 rings (SSSR count). The molecule has 6 nitrogen and oxygen atoms in total. The van der Waals surface area contributed by atoms with E-state index in [4.69, 9.17) is 0 Å². The lowest BCUT2D eigenvalue weighted by Gasteiger charge is -2.26. The Morgan fingerprint density at radius 3 is 2.73 bits per heavy atom. The number of carbonyl (C=O) groups excluding carboxylic acids is 1. The quantitative estimate of drug-likeness (QED) is 0.428. The molecule has 1 saturated carbocycles. The molecule has 1 aliphatic carbocycles. The first kappa shape index (κ1) is 18.5. The number of aryl methyl sites for hydroxylation is 1. The molecule has 2 aromatic carbocycles. The summed E-state index contributed by atoms with van der Waals surface area (Å²) in [6, 6.07) is 14.8. The first-order valence-electron chi connectivity index (χ1n) is 10.5. The molecule has 2 heterocycles. The smallest absolute Gasteiger partial charge is 0.319 e. The van der Waals surface area contributed by atoms with Gasteiger partial charge in [0.15, 0.2) is 0 Å². The molecule has 0 atom stereocenters. The van der Waals surface area contributed by atoms with E-state index in [1.54, 1.807) is 0 Å². The second kappa shape index (κ2) is 7.71. The lowest BCUT2D eigenvalue weighted by Crippen LogP contribution is -2.41. The summed E-state index contributed by atoms with van der Waals surface area (Å²) in [6.45, 7) is 2.15. The number of anilines is 1. The zero-order valence-corrected chi connectivity index (χ0v) is 17.0. The van der Waals surface area contributed by atoms with Gasteiger partial charge in [0, 0.05) is 34.9 Å². The highest BCUT2D eigenvalue weighted by molar-refractivity contribution is 6.02. The third-order valence-electron chi connectivity index (χ3n) is 5.90. The van der Waals surface area contributed by atoms with Crippen molar-refractivity contribution in [2.75, 3.05) is 5.32 Å². The first-order valence-corrected chi connectivity index (χ1v) is 10.5. The summed E-state index contributed by atoms with van der Waals surface area (Å²) in [6.07, 6.45) is 10.1. The van der Waals surface area contributed by atoms with Crippen molar-refractivity contribution < 1.29 is 4.79 Å². The Balaban J connectivity index is 1.39. The highest BCUT2D eigenvalue weighted by Gasteiger charge is 2.19. The number of urea groups is 1. The van der Waals surface area contributed by atoms with E-state index in [0.29, 0.717) is 6.04 Å². The van der Waals surface area contributed by atoms with E-state index in [2.05, 4.69) is 64.0 Å². The number of nitrogens with zero attached hydrogens (tertiary/aromatic N) is 2. The van der Waals surface area contributed by atoms with Crippen molar-refractivity contribution in [3.63, 3.8) is 0 Å². The monoisotopic (exact) mass is 399 g/mol. The van der Waals surface area contributed by atoms with Crippen LogP contribution in [-0.4, -0.2) is 26.8 Å². The number of fused-ring (bicyclic) bond motifs is 1. The lowest BCUT2D eigenvalue weighted by atomic mass is 9.93. The van der Waals surface area contributed by atoms with Gasteiger partial charge in [0.05, 0.1) is 17.6 Å². The summed E-state index contributed by atoms with van der Waals surface area (Å²) in [5.74, 6) is 0. The maximum absolute atomic E-state index is 12.3. The van der Waals surface area contributed by atoms with Crippen LogP contribution in [0.15, 0.2) is 61.1 Å². The SMILES string of the molecule is CCc1ccc(-n2cc(-c3ccc4[nH]cc(NC(=O)NC5CCC5)c4c3)cn2)cc1. The number of aromatic amines is 1. The van der Waals surface area contributed by atoms with Crippen LogP contribution in [0.5, 0.6) is 0 Å². The molecular formula is C24H25N5O. The van der Waals surface area contributed by atoms with Gasteiger partial charge in [-0.3, -0.25) is 0 Å². The van der Waals surface area contributed by atoms with Gasteiger partial charge in [0.1, 0.15) is 0 Å². The minimum absolute atomic E-state index is 0.144. The van der Waals surface area contributed by atoms with Crippen molar-refractivity contribution in [3.05, 3.63) is 66.6 Å². The molecule has 0 spiro atoms. The molecule has 3 N–H and O–H groups in total. The number of rotatable bonds is 5. The van der Waals surface area contributed by atoms with E-state index in [-0.39, 0.29) is 6.03 Å². The van der Waals surface area contributed by atoms with Crippen LogP contribution >= 0.6 is 0 Å². The molecule has 0 unspecified atom stereocenters. The fraction of sp³-hybridized carbons (Fsp3) is 0.250. The van der Waals surface area contributed by atoms with Gasteiger partial charge in [-0.25, -0.2) is 9.48 Å². The first-order chi connectivity index (χ1) is 14.7. The van der Waals surface area contributed by atoms with E-state index in [0.717, 1.165) is 52.7 Å². The molecule has 0 saturated heterocycles. The lowest BCUT2D eigenvalue weighted by molar-refractivity contribution is 0.240. The van der Waals surface area contributed by atoms with Crippen LogP contribution < -0.4 is 10.6 Å². The van der Waals surface area contributed by atoms with E-state index in [1.807, 2.05) is 29.3 Å². The average molecular weight is 399 g/mol. The highest BCUT2D eigenvalue weighted by Crippen LogP contribution is 2.29. The Kier molecular flexibility index (Phi) is 4.75. The number of aromatic nitrogens is 3. The van der Waals surface area contributed by atoms with Crippen LogP contribution in [0.3, 0.4) is 0 Å². The second-order valence-corrected chi connectivity index (χ2v) is 7.88. The fourth-order valence-corrected chi connectivity index (χ4v) is 3.80. The Morgan fingerprint density at radius 2 is 2.00 bits per heavy atom. The van der Waals surface area contributed by atoms with Crippen LogP contribution in [0.2, 0.25) is 0 Å². The van der Waals surface area contributed by atoms with Crippen molar-refractivity contribution >= 4 is 22.6 Å². The Morgan fingerprint density at radius 1 is 1.17 bits per heavy atom. The van der Waals surface area contributed by atoms with Gasteiger partial charge in [-0.1, -0.05) is 25.1 Å². The summed E-state index contributed by atoms with van der Waals surface area (Å²) in [7, 11) is 0. The highest BCUT2D eigenvalue weighted by atomic mass is 16.2. The van der Waals surface area contributed by atoms with Crippen molar-refractivity contribution in [1.82, 2.24) is 20.1 Å². The minimum atomic E-state index is -0.144. The van der Waals surface area contributed by atoms with Gasteiger partial charge < -0.3 is 15.6 Å². The summed E-state index contributed by atoms with van der Waals surface area (Å²) < 4.78 is 1.89. The normalized spacial score (nSPS) is 13.9. The van der Waals surface area contributed by atoms with Crippen molar-refractivity contribution in [3.8, 4) is 16.8 Å². The number of H-pyrrole nitrogens is 1. The van der Waals surface area contributed by atoms with E-state index in [9.17, 15) is 4.79 Å². The van der Waals surface area contributed by atoms with Gasteiger partial charge in [-0.15, -0.1) is 0 Å². The van der Waals surface area contributed by atoms with Crippen LogP contribution in [0, 0.1) is 0 Å². The fourth-order valence-electron chi connectivity index (χ4n) is 3.80. The summed E-state index contributed by atoms with van der Waals surface area (Å²) >= 11 is 0. The van der Waals surface area contributed by atoms with Gasteiger partial charge >= 0.3 is 6.03 Å². The molecule has 2 aromatic heterocycles. The molecule has 2 amide bonds. The molecule has 1 aliphatic rings. The van der Waals surface area contributed by atoms with Crippen LogP contribution in [-0.2, 0) is 6.42 Å². The minimum Gasteiger partial charge on any atom is -0.359 e. The van der Waals surface area contributed by atoms with Crippen LogP contribution in [0.1, 0.15) is 31.7 Å². The van der Waals surface area contributed by atoms with E-state index >= 15 is 0 Å². The predicted octanol–water partition coefficient (Wildman–Crippen LogP) is 5.26. The van der Waals surface area contributed by atoms with Crippen LogP contribution in [0.25, 0.3) is 27.7 Å². The molecular weight excluding hydrogens is 374 g/mol. The average Bonchev–Trinajstić information content (AvgIpc) is 3.38. The third-order valence-corrected chi connectivity index (χ3v) is 5.90. The summed E-state index contributed by atoms with van der Waals surface area (Å²) in [5.41, 5.74) is 6.21. The molecule has 1 fully saturated rings. The predicted molar refractivity (Wildman–Crippen MR) is 120 cm³/mol. The summed E-state index contributed by atoms with van der Waals surface area (Å²) in [5, 5.41) is 11.5. The number of carbonyl (C=O) groups is 1. The summed E-state index contributed by atoms with van der Waals surface area (Å²) in [4.78, 5) is 15.5. The number of amides is 2.